The Bertz CT molecular complexity index is 654. The predicted octanol–water partition coefficient (Wildman–Crippen LogP) is 1.81. The molecule has 2 fully saturated rings. The number of hydrogen-bond acceptors (Lipinski definition) is 5. The molecule has 0 bridgehead atoms. The quantitative estimate of drug-likeness (QED) is 0.820. The monoisotopic (exact) mass is 398 g/mol. The van der Waals surface area contributed by atoms with Crippen LogP contribution in [0.4, 0.5) is 19.3 Å². The zero-order valence-corrected chi connectivity index (χ0v) is 16.2. The van der Waals surface area contributed by atoms with Crippen molar-refractivity contribution in [3.05, 3.63) is 24.3 Å². The summed E-state index contributed by atoms with van der Waals surface area (Å²) in [6.45, 7) is 4.26. The summed E-state index contributed by atoms with van der Waals surface area (Å²) in [6.07, 6.45) is 0. The highest BCUT2D eigenvalue weighted by atomic mass is 19.3. The van der Waals surface area contributed by atoms with Crippen LogP contribution in [0, 0.1) is 0 Å². The number of hydrogen-bond donors (Lipinski definition) is 1. The molecule has 2 saturated heterocycles. The van der Waals surface area contributed by atoms with Crippen LogP contribution in [-0.4, -0.2) is 99.3 Å². The number of halogens is 2. The SMILES string of the molecule is CN1CCN(CCOc2ccccc2NC(=O)N2CCOCC(F)(F)C2)CC1. The first-order valence-electron chi connectivity index (χ1n) is 9.57. The Balaban J connectivity index is 1.53. The van der Waals surface area contributed by atoms with Gasteiger partial charge in [-0.3, -0.25) is 4.90 Å². The van der Waals surface area contributed by atoms with Crippen molar-refractivity contribution in [1.82, 2.24) is 14.7 Å². The average Bonchev–Trinajstić information content (AvgIpc) is 2.85. The van der Waals surface area contributed by atoms with E-state index >= 15 is 0 Å². The molecule has 0 aliphatic carbocycles. The van der Waals surface area contributed by atoms with Gasteiger partial charge in [0, 0.05) is 39.3 Å². The van der Waals surface area contributed by atoms with Crippen LogP contribution in [0.2, 0.25) is 0 Å². The number of piperazine rings is 1. The van der Waals surface area contributed by atoms with Gasteiger partial charge in [-0.2, -0.15) is 0 Å². The minimum Gasteiger partial charge on any atom is -0.490 e. The summed E-state index contributed by atoms with van der Waals surface area (Å²) in [5.74, 6) is -2.52. The standard InChI is InChI=1S/C19H28F2N4O3/c1-23-6-8-24(9-7-23)10-13-28-17-5-3-2-4-16(17)22-18(26)25-11-12-27-15-19(20,21)14-25/h2-5H,6-15H2,1H3,(H,22,26). The summed E-state index contributed by atoms with van der Waals surface area (Å²) >= 11 is 0. The van der Waals surface area contributed by atoms with Gasteiger partial charge >= 0.3 is 6.03 Å². The number of nitrogens with one attached hydrogen (secondary N) is 1. The molecule has 28 heavy (non-hydrogen) atoms. The molecule has 2 aliphatic rings. The van der Waals surface area contributed by atoms with E-state index < -0.39 is 25.1 Å². The summed E-state index contributed by atoms with van der Waals surface area (Å²) in [7, 11) is 2.11. The van der Waals surface area contributed by atoms with Crippen molar-refractivity contribution in [2.24, 2.45) is 0 Å². The fourth-order valence-electron chi connectivity index (χ4n) is 3.22. The van der Waals surface area contributed by atoms with Crippen molar-refractivity contribution in [3.63, 3.8) is 0 Å². The molecule has 0 unspecified atom stereocenters. The predicted molar refractivity (Wildman–Crippen MR) is 102 cm³/mol. The van der Waals surface area contributed by atoms with Gasteiger partial charge in [-0.05, 0) is 19.2 Å². The first kappa shape index (κ1) is 20.8. The van der Waals surface area contributed by atoms with E-state index in [-0.39, 0.29) is 13.2 Å². The molecule has 0 aromatic heterocycles. The van der Waals surface area contributed by atoms with Crippen LogP contribution in [0.3, 0.4) is 0 Å². The van der Waals surface area contributed by atoms with Crippen molar-refractivity contribution in [2.75, 3.05) is 78.0 Å². The van der Waals surface area contributed by atoms with E-state index in [4.69, 9.17) is 9.47 Å². The van der Waals surface area contributed by atoms with Gasteiger partial charge in [0.05, 0.1) is 18.8 Å². The van der Waals surface area contributed by atoms with Gasteiger partial charge < -0.3 is 24.6 Å². The van der Waals surface area contributed by atoms with Gasteiger partial charge in [-0.15, -0.1) is 0 Å². The van der Waals surface area contributed by atoms with Gasteiger partial charge in [-0.1, -0.05) is 12.1 Å². The Labute approximate surface area is 164 Å². The third kappa shape index (κ3) is 6.02. The molecule has 3 rings (SSSR count). The van der Waals surface area contributed by atoms with E-state index in [0.29, 0.717) is 18.0 Å². The Hall–Kier alpha value is -1.97. The largest absolute Gasteiger partial charge is 0.490 e. The summed E-state index contributed by atoms with van der Waals surface area (Å²) in [6, 6.07) is 6.47. The Morgan fingerprint density at radius 1 is 1.21 bits per heavy atom. The van der Waals surface area contributed by atoms with Crippen molar-refractivity contribution in [3.8, 4) is 5.75 Å². The second-order valence-corrected chi connectivity index (χ2v) is 7.25. The summed E-state index contributed by atoms with van der Waals surface area (Å²) in [5.41, 5.74) is 0.472. The van der Waals surface area contributed by atoms with Crippen LogP contribution < -0.4 is 10.1 Å². The lowest BCUT2D eigenvalue weighted by molar-refractivity contribution is -0.0648. The van der Waals surface area contributed by atoms with Crippen molar-refractivity contribution in [1.29, 1.82) is 0 Å². The molecule has 9 heteroatoms. The molecule has 1 aromatic rings. The third-order valence-electron chi connectivity index (χ3n) is 4.92. The minimum absolute atomic E-state index is 0.0895. The Morgan fingerprint density at radius 3 is 2.75 bits per heavy atom. The highest BCUT2D eigenvalue weighted by molar-refractivity contribution is 5.91. The van der Waals surface area contributed by atoms with Crippen LogP contribution in [0.1, 0.15) is 0 Å². The zero-order chi connectivity index (χ0) is 20.0. The molecule has 156 valence electrons. The van der Waals surface area contributed by atoms with Gasteiger partial charge in [0.25, 0.3) is 5.92 Å². The molecule has 1 N–H and O–H groups in total. The van der Waals surface area contributed by atoms with Crippen molar-refractivity contribution in [2.45, 2.75) is 5.92 Å². The van der Waals surface area contributed by atoms with Crippen molar-refractivity contribution < 1.29 is 23.0 Å². The van der Waals surface area contributed by atoms with E-state index in [1.807, 2.05) is 6.07 Å². The van der Waals surface area contributed by atoms with E-state index in [2.05, 4.69) is 22.2 Å². The van der Waals surface area contributed by atoms with Gasteiger partial charge in [0.1, 0.15) is 19.0 Å². The van der Waals surface area contributed by atoms with Gasteiger partial charge in [0.15, 0.2) is 0 Å². The number of anilines is 1. The molecule has 2 aliphatic heterocycles. The molecule has 2 heterocycles. The molecule has 0 atom stereocenters. The maximum absolute atomic E-state index is 13.7. The number of likely N-dealkylation sites (N-methyl/N-ethyl adjacent to an activating group) is 1. The smallest absolute Gasteiger partial charge is 0.322 e. The lowest BCUT2D eigenvalue weighted by Gasteiger charge is -2.32. The summed E-state index contributed by atoms with van der Waals surface area (Å²) in [4.78, 5) is 18.2. The number of benzene rings is 1. The number of alkyl halides is 2. The number of amides is 2. The van der Waals surface area contributed by atoms with E-state index in [9.17, 15) is 13.6 Å². The topological polar surface area (TPSA) is 57.3 Å². The Morgan fingerprint density at radius 2 is 1.96 bits per heavy atom. The molecule has 0 spiro atoms. The number of nitrogens with zero attached hydrogens (tertiary/aromatic N) is 3. The van der Waals surface area contributed by atoms with Crippen LogP contribution in [0.5, 0.6) is 5.75 Å². The van der Waals surface area contributed by atoms with Gasteiger partial charge in [0.2, 0.25) is 0 Å². The second-order valence-electron chi connectivity index (χ2n) is 7.25. The second kappa shape index (κ2) is 9.49. The molecule has 0 radical (unpaired) electrons. The molecule has 1 aromatic carbocycles. The lowest BCUT2D eigenvalue weighted by atomic mass is 10.3. The average molecular weight is 398 g/mol. The van der Waals surface area contributed by atoms with Gasteiger partial charge in [-0.25, -0.2) is 13.6 Å². The van der Waals surface area contributed by atoms with Crippen LogP contribution in [-0.2, 0) is 4.74 Å². The fraction of sp³-hybridized carbons (Fsp3) is 0.632. The highest BCUT2D eigenvalue weighted by Gasteiger charge is 2.36. The van der Waals surface area contributed by atoms with E-state index in [1.54, 1.807) is 18.2 Å². The highest BCUT2D eigenvalue weighted by Crippen LogP contribution is 2.25. The number of rotatable bonds is 5. The number of carbonyl (C=O) groups is 1. The normalized spacial score (nSPS) is 21.2. The summed E-state index contributed by atoms with van der Waals surface area (Å²) in [5, 5.41) is 2.69. The van der Waals surface area contributed by atoms with Crippen LogP contribution >= 0.6 is 0 Å². The first-order chi connectivity index (χ1) is 13.4. The fourth-order valence-corrected chi connectivity index (χ4v) is 3.22. The van der Waals surface area contributed by atoms with Crippen molar-refractivity contribution >= 4 is 11.7 Å². The third-order valence-corrected chi connectivity index (χ3v) is 4.92. The first-order valence-corrected chi connectivity index (χ1v) is 9.57. The maximum atomic E-state index is 13.7. The molecular formula is C19H28F2N4O3. The lowest BCUT2D eigenvalue weighted by Crippen LogP contribution is -2.45. The van der Waals surface area contributed by atoms with Crippen LogP contribution in [0.15, 0.2) is 24.3 Å². The molecule has 2 amide bonds. The number of urea groups is 1. The maximum Gasteiger partial charge on any atom is 0.322 e. The molecule has 0 saturated carbocycles. The number of ether oxygens (including phenoxy) is 2. The number of carbonyl (C=O) groups excluding carboxylic acids is 1. The van der Waals surface area contributed by atoms with Crippen LogP contribution in [0.25, 0.3) is 0 Å². The number of para-hydroxylation sites is 2. The summed E-state index contributed by atoms with van der Waals surface area (Å²) < 4.78 is 38.1. The zero-order valence-electron chi connectivity index (χ0n) is 16.2. The minimum atomic E-state index is -3.05. The molecule has 7 nitrogen and oxygen atoms in total. The Kier molecular flexibility index (Phi) is 7.03. The van der Waals surface area contributed by atoms with E-state index in [0.717, 1.165) is 37.6 Å². The molecular weight excluding hydrogens is 370 g/mol. The van der Waals surface area contributed by atoms with E-state index in [1.165, 1.54) is 0 Å².